The molecule has 10 nitrogen and oxygen atoms in total. The first-order valence-electron chi connectivity index (χ1n) is 9.94. The highest BCUT2D eigenvalue weighted by atomic mass is 16.5. The number of nitrogens with zero attached hydrogens (tertiary/aromatic N) is 6. The molecule has 1 N–H and O–H groups in total. The first kappa shape index (κ1) is 21.2. The van der Waals surface area contributed by atoms with Gasteiger partial charge in [0.05, 0.1) is 18.5 Å². The lowest BCUT2D eigenvalue weighted by molar-refractivity contribution is 0.0827. The van der Waals surface area contributed by atoms with Crippen LogP contribution in [0.25, 0.3) is 16.9 Å². The first-order valence-corrected chi connectivity index (χ1v) is 9.94. The normalized spacial score (nSPS) is 10.8. The van der Waals surface area contributed by atoms with E-state index in [0.717, 1.165) is 11.4 Å². The van der Waals surface area contributed by atoms with Crippen LogP contribution >= 0.6 is 0 Å². The third-order valence-corrected chi connectivity index (χ3v) is 4.61. The van der Waals surface area contributed by atoms with E-state index in [4.69, 9.17) is 9.47 Å². The molecular formula is C22H23N7O3. The van der Waals surface area contributed by atoms with Gasteiger partial charge in [-0.25, -0.2) is 4.98 Å². The molecule has 0 unspecified atom stereocenters. The molecular weight excluding hydrogens is 410 g/mol. The minimum Gasteiger partial charge on any atom is -0.491 e. The number of carbonyl (C=O) groups is 1. The predicted molar refractivity (Wildman–Crippen MR) is 120 cm³/mol. The van der Waals surface area contributed by atoms with E-state index in [2.05, 4.69) is 25.6 Å². The first-order chi connectivity index (χ1) is 15.5. The Balaban J connectivity index is 1.57. The van der Waals surface area contributed by atoms with E-state index in [9.17, 15) is 4.79 Å². The summed E-state index contributed by atoms with van der Waals surface area (Å²) in [6.45, 7) is 0.955. The van der Waals surface area contributed by atoms with E-state index in [1.807, 2.05) is 24.3 Å². The third-order valence-electron chi connectivity index (χ3n) is 4.61. The molecule has 4 rings (SSSR count). The van der Waals surface area contributed by atoms with Crippen LogP contribution in [0.4, 0.5) is 11.6 Å². The number of anilines is 2. The van der Waals surface area contributed by atoms with Gasteiger partial charge < -0.3 is 19.7 Å². The molecule has 10 heteroatoms. The molecule has 0 atom stereocenters. The van der Waals surface area contributed by atoms with Gasteiger partial charge in [0, 0.05) is 38.5 Å². The van der Waals surface area contributed by atoms with Crippen LogP contribution < -0.4 is 10.1 Å². The Labute approximate surface area is 184 Å². The molecule has 0 fully saturated rings. The number of fused-ring (bicyclic) bond motifs is 1. The van der Waals surface area contributed by atoms with E-state index < -0.39 is 0 Å². The van der Waals surface area contributed by atoms with E-state index in [1.54, 1.807) is 56.3 Å². The average molecular weight is 433 g/mol. The smallest absolute Gasteiger partial charge is 0.253 e. The lowest BCUT2D eigenvalue weighted by Crippen LogP contribution is -2.21. The largest absolute Gasteiger partial charge is 0.491 e. The minimum atomic E-state index is -0.0578. The number of aromatic nitrogens is 5. The quantitative estimate of drug-likeness (QED) is 0.423. The van der Waals surface area contributed by atoms with Crippen molar-refractivity contribution in [2.45, 2.75) is 0 Å². The van der Waals surface area contributed by atoms with Gasteiger partial charge in [-0.2, -0.15) is 9.67 Å². The number of ether oxygens (including phenoxy) is 2. The molecule has 4 aromatic rings. The van der Waals surface area contributed by atoms with Gasteiger partial charge in [-0.3, -0.25) is 4.79 Å². The SMILES string of the molecule is COCCOc1cccc(-n2nnc3cnc(Nc4ccc(C(=O)N(C)C)cc4)nc32)c1. The molecule has 0 spiro atoms. The van der Waals surface area contributed by atoms with E-state index in [1.165, 1.54) is 4.90 Å². The number of methoxy groups -OCH3 is 1. The molecule has 0 aliphatic rings. The van der Waals surface area contributed by atoms with Crippen molar-refractivity contribution in [2.24, 2.45) is 0 Å². The molecule has 0 radical (unpaired) electrons. The maximum atomic E-state index is 12.0. The van der Waals surface area contributed by atoms with Crippen molar-refractivity contribution < 1.29 is 14.3 Å². The molecule has 0 bridgehead atoms. The van der Waals surface area contributed by atoms with Gasteiger partial charge in [0.2, 0.25) is 5.95 Å². The van der Waals surface area contributed by atoms with Crippen molar-refractivity contribution in [1.29, 1.82) is 0 Å². The monoisotopic (exact) mass is 433 g/mol. The van der Waals surface area contributed by atoms with Gasteiger partial charge in [0.15, 0.2) is 11.2 Å². The summed E-state index contributed by atoms with van der Waals surface area (Å²) in [6.07, 6.45) is 1.61. The highest BCUT2D eigenvalue weighted by Gasteiger charge is 2.12. The van der Waals surface area contributed by atoms with Gasteiger partial charge in [-0.1, -0.05) is 11.3 Å². The number of benzene rings is 2. The second-order valence-electron chi connectivity index (χ2n) is 7.14. The summed E-state index contributed by atoms with van der Waals surface area (Å²) in [7, 11) is 5.07. The molecule has 1 amide bonds. The lowest BCUT2D eigenvalue weighted by Gasteiger charge is -2.11. The zero-order chi connectivity index (χ0) is 22.5. The summed E-state index contributed by atoms with van der Waals surface area (Å²) in [6, 6.07) is 14.6. The van der Waals surface area contributed by atoms with Crippen LogP contribution in [0.15, 0.2) is 54.7 Å². The molecule has 0 aliphatic carbocycles. The summed E-state index contributed by atoms with van der Waals surface area (Å²) in [4.78, 5) is 22.5. The molecule has 0 aliphatic heterocycles. The molecule has 2 heterocycles. The summed E-state index contributed by atoms with van der Waals surface area (Å²) < 4.78 is 12.3. The Kier molecular flexibility index (Phi) is 6.22. The maximum absolute atomic E-state index is 12.0. The Morgan fingerprint density at radius 2 is 1.94 bits per heavy atom. The Bertz CT molecular complexity index is 1220. The van der Waals surface area contributed by atoms with Gasteiger partial charge in [-0.05, 0) is 36.4 Å². The van der Waals surface area contributed by atoms with Crippen LogP contribution in [0.3, 0.4) is 0 Å². The van der Waals surface area contributed by atoms with Gasteiger partial charge in [-0.15, -0.1) is 5.10 Å². The number of hydrogen-bond donors (Lipinski definition) is 1. The van der Waals surface area contributed by atoms with Crippen molar-refractivity contribution in [2.75, 3.05) is 39.7 Å². The van der Waals surface area contributed by atoms with Crippen molar-refractivity contribution in [3.63, 3.8) is 0 Å². The number of carbonyl (C=O) groups excluding carboxylic acids is 1. The van der Waals surface area contributed by atoms with Crippen LogP contribution in [0.5, 0.6) is 5.75 Å². The van der Waals surface area contributed by atoms with E-state index in [-0.39, 0.29) is 5.91 Å². The predicted octanol–water partition coefficient (Wildman–Crippen LogP) is 2.68. The minimum absolute atomic E-state index is 0.0578. The number of hydrogen-bond acceptors (Lipinski definition) is 8. The van der Waals surface area contributed by atoms with Crippen molar-refractivity contribution >= 4 is 28.7 Å². The highest BCUT2D eigenvalue weighted by Crippen LogP contribution is 2.21. The summed E-state index contributed by atoms with van der Waals surface area (Å²) in [5.41, 5.74) is 3.24. The molecule has 2 aromatic carbocycles. The van der Waals surface area contributed by atoms with Crippen LogP contribution in [-0.2, 0) is 4.74 Å². The zero-order valence-corrected chi connectivity index (χ0v) is 18.0. The van der Waals surface area contributed by atoms with Gasteiger partial charge >= 0.3 is 0 Å². The second-order valence-corrected chi connectivity index (χ2v) is 7.14. The number of rotatable bonds is 8. The molecule has 2 aromatic heterocycles. The Morgan fingerprint density at radius 3 is 2.69 bits per heavy atom. The summed E-state index contributed by atoms with van der Waals surface area (Å²) in [5.74, 6) is 1.03. The fraction of sp³-hybridized carbons (Fsp3) is 0.227. The number of nitrogens with one attached hydrogen (secondary N) is 1. The fourth-order valence-electron chi connectivity index (χ4n) is 2.99. The summed E-state index contributed by atoms with van der Waals surface area (Å²) in [5, 5.41) is 11.5. The standard InChI is InChI=1S/C22H23N7O3/c1-28(2)21(30)15-7-9-16(10-8-15)24-22-23-14-19-20(25-22)29(27-26-19)17-5-4-6-18(13-17)32-12-11-31-3/h4-10,13-14H,11-12H2,1-3H3,(H,23,24,25). The average Bonchev–Trinajstić information content (AvgIpc) is 3.23. The fourth-order valence-corrected chi connectivity index (χ4v) is 2.99. The second kappa shape index (κ2) is 9.40. The van der Waals surface area contributed by atoms with E-state index >= 15 is 0 Å². The van der Waals surface area contributed by atoms with E-state index in [0.29, 0.717) is 41.6 Å². The summed E-state index contributed by atoms with van der Waals surface area (Å²) >= 11 is 0. The zero-order valence-electron chi connectivity index (χ0n) is 18.0. The lowest BCUT2D eigenvalue weighted by atomic mass is 10.2. The highest BCUT2D eigenvalue weighted by molar-refractivity contribution is 5.94. The van der Waals surface area contributed by atoms with Crippen LogP contribution in [0.2, 0.25) is 0 Å². The molecule has 0 saturated carbocycles. The van der Waals surface area contributed by atoms with Crippen LogP contribution in [0, 0.1) is 0 Å². The molecule has 0 saturated heterocycles. The Hall–Kier alpha value is -4.05. The third kappa shape index (κ3) is 4.65. The van der Waals surface area contributed by atoms with Gasteiger partial charge in [0.25, 0.3) is 5.91 Å². The topological polar surface area (TPSA) is 107 Å². The van der Waals surface area contributed by atoms with Crippen LogP contribution in [-0.4, -0.2) is 70.2 Å². The van der Waals surface area contributed by atoms with Crippen molar-refractivity contribution in [3.8, 4) is 11.4 Å². The van der Waals surface area contributed by atoms with Gasteiger partial charge in [0.1, 0.15) is 12.4 Å². The van der Waals surface area contributed by atoms with Crippen molar-refractivity contribution in [1.82, 2.24) is 29.9 Å². The Morgan fingerprint density at radius 1 is 1.12 bits per heavy atom. The molecule has 164 valence electrons. The maximum Gasteiger partial charge on any atom is 0.253 e. The number of amides is 1. The van der Waals surface area contributed by atoms with Crippen LogP contribution in [0.1, 0.15) is 10.4 Å². The van der Waals surface area contributed by atoms with Crippen molar-refractivity contribution in [3.05, 3.63) is 60.3 Å². The molecule has 32 heavy (non-hydrogen) atoms.